The number of fused-ring (bicyclic) bond motifs is 1. The standard InChI is InChI=1S/C18H25N5O3/c1-4-23(11-16(24)22-18(26)19-9-12(2)3)10-15-20-14-8-6-5-7-13(14)17(25)21-15/h5-8,12H,4,9-11H2,1-3H3,(H,20,21,25)(H2,19,22,24,26). The Labute approximate surface area is 152 Å². The monoisotopic (exact) mass is 359 g/mol. The molecule has 1 aromatic carbocycles. The maximum Gasteiger partial charge on any atom is 0.321 e. The zero-order valence-electron chi connectivity index (χ0n) is 15.3. The molecular weight excluding hydrogens is 334 g/mol. The van der Waals surface area contributed by atoms with E-state index in [2.05, 4.69) is 20.6 Å². The van der Waals surface area contributed by atoms with Crippen LogP contribution in [0.2, 0.25) is 0 Å². The predicted molar refractivity (Wildman–Crippen MR) is 99.7 cm³/mol. The van der Waals surface area contributed by atoms with Crippen molar-refractivity contribution >= 4 is 22.8 Å². The number of amides is 3. The molecule has 8 nitrogen and oxygen atoms in total. The topological polar surface area (TPSA) is 107 Å². The quantitative estimate of drug-likeness (QED) is 0.689. The van der Waals surface area contributed by atoms with Gasteiger partial charge in [-0.2, -0.15) is 0 Å². The number of likely N-dealkylation sites (N-methyl/N-ethyl adjacent to an activating group) is 1. The molecule has 2 aromatic rings. The summed E-state index contributed by atoms with van der Waals surface area (Å²) in [6.07, 6.45) is 0. The Bertz CT molecular complexity index is 831. The van der Waals surface area contributed by atoms with Crippen molar-refractivity contribution in [3.05, 3.63) is 40.4 Å². The van der Waals surface area contributed by atoms with E-state index in [-0.39, 0.29) is 12.1 Å². The SMILES string of the molecule is CCN(CC(=O)NC(=O)NCC(C)C)Cc1nc2ccccc2c(=O)[nH]1. The summed E-state index contributed by atoms with van der Waals surface area (Å²) in [4.78, 5) is 44.8. The summed E-state index contributed by atoms with van der Waals surface area (Å²) < 4.78 is 0. The normalized spacial score (nSPS) is 11.1. The summed E-state index contributed by atoms with van der Waals surface area (Å²) in [6.45, 7) is 7.23. The first-order chi connectivity index (χ1) is 12.4. The molecule has 2 rings (SSSR count). The number of carbonyl (C=O) groups is 2. The smallest absolute Gasteiger partial charge is 0.321 e. The Morgan fingerprint density at radius 3 is 2.69 bits per heavy atom. The molecule has 8 heteroatoms. The summed E-state index contributed by atoms with van der Waals surface area (Å²) in [6, 6.07) is 6.59. The van der Waals surface area contributed by atoms with E-state index in [4.69, 9.17) is 0 Å². The van der Waals surface area contributed by atoms with E-state index in [1.165, 1.54) is 0 Å². The van der Waals surface area contributed by atoms with Gasteiger partial charge in [-0.05, 0) is 24.6 Å². The Morgan fingerprint density at radius 1 is 1.27 bits per heavy atom. The first kappa shape index (κ1) is 19.6. The van der Waals surface area contributed by atoms with Crippen LogP contribution in [0.3, 0.4) is 0 Å². The molecule has 140 valence electrons. The summed E-state index contributed by atoms with van der Waals surface area (Å²) in [5.41, 5.74) is 0.402. The van der Waals surface area contributed by atoms with Crippen molar-refractivity contribution in [2.24, 2.45) is 5.92 Å². The number of benzene rings is 1. The Kier molecular flexibility index (Phi) is 6.85. The summed E-state index contributed by atoms with van der Waals surface area (Å²) in [7, 11) is 0. The Morgan fingerprint density at radius 2 is 2.00 bits per heavy atom. The van der Waals surface area contributed by atoms with Crippen molar-refractivity contribution in [3.8, 4) is 0 Å². The molecule has 0 saturated carbocycles. The summed E-state index contributed by atoms with van der Waals surface area (Å²) in [5.74, 6) is 0.377. The predicted octanol–water partition coefficient (Wildman–Crippen LogP) is 1.23. The van der Waals surface area contributed by atoms with E-state index in [1.54, 1.807) is 23.1 Å². The minimum Gasteiger partial charge on any atom is -0.338 e. The highest BCUT2D eigenvalue weighted by molar-refractivity contribution is 5.95. The van der Waals surface area contributed by atoms with Gasteiger partial charge in [-0.15, -0.1) is 0 Å². The highest BCUT2D eigenvalue weighted by Gasteiger charge is 2.14. The fourth-order valence-corrected chi connectivity index (χ4v) is 2.41. The van der Waals surface area contributed by atoms with Crippen LogP contribution in [-0.4, -0.2) is 46.4 Å². The second-order valence-corrected chi connectivity index (χ2v) is 6.49. The number of H-pyrrole nitrogens is 1. The van der Waals surface area contributed by atoms with Gasteiger partial charge in [0.15, 0.2) is 0 Å². The van der Waals surface area contributed by atoms with Crippen molar-refractivity contribution in [3.63, 3.8) is 0 Å². The van der Waals surface area contributed by atoms with E-state index in [0.717, 1.165) is 0 Å². The second kappa shape index (κ2) is 9.10. The maximum absolute atomic E-state index is 12.1. The fourth-order valence-electron chi connectivity index (χ4n) is 2.41. The first-order valence-electron chi connectivity index (χ1n) is 8.67. The maximum atomic E-state index is 12.1. The number of hydrogen-bond acceptors (Lipinski definition) is 5. The number of urea groups is 1. The van der Waals surface area contributed by atoms with Crippen LogP contribution in [0.1, 0.15) is 26.6 Å². The van der Waals surface area contributed by atoms with Crippen molar-refractivity contribution in [2.45, 2.75) is 27.3 Å². The minimum atomic E-state index is -0.503. The number of para-hydroxylation sites is 1. The van der Waals surface area contributed by atoms with E-state index in [9.17, 15) is 14.4 Å². The number of carbonyl (C=O) groups excluding carboxylic acids is 2. The van der Waals surface area contributed by atoms with Crippen LogP contribution in [0.4, 0.5) is 4.79 Å². The fraction of sp³-hybridized carbons (Fsp3) is 0.444. The van der Waals surface area contributed by atoms with Gasteiger partial charge in [0, 0.05) is 6.54 Å². The Balaban J connectivity index is 1.98. The van der Waals surface area contributed by atoms with Crippen molar-refractivity contribution in [1.82, 2.24) is 25.5 Å². The van der Waals surface area contributed by atoms with Gasteiger partial charge in [0.2, 0.25) is 5.91 Å². The molecule has 26 heavy (non-hydrogen) atoms. The minimum absolute atomic E-state index is 0.0299. The highest BCUT2D eigenvalue weighted by atomic mass is 16.2. The van der Waals surface area contributed by atoms with Gasteiger partial charge < -0.3 is 10.3 Å². The molecule has 3 N–H and O–H groups in total. The molecule has 0 fully saturated rings. The van der Waals surface area contributed by atoms with E-state index >= 15 is 0 Å². The van der Waals surface area contributed by atoms with Crippen LogP contribution in [0, 0.1) is 5.92 Å². The van der Waals surface area contributed by atoms with Gasteiger partial charge in [-0.25, -0.2) is 9.78 Å². The number of nitrogens with one attached hydrogen (secondary N) is 3. The van der Waals surface area contributed by atoms with E-state index < -0.39 is 11.9 Å². The zero-order chi connectivity index (χ0) is 19.1. The first-order valence-corrected chi connectivity index (χ1v) is 8.67. The molecule has 0 unspecified atom stereocenters. The number of nitrogens with zero attached hydrogens (tertiary/aromatic N) is 2. The third-order valence-electron chi connectivity index (χ3n) is 3.77. The lowest BCUT2D eigenvalue weighted by Crippen LogP contribution is -2.45. The number of aromatic nitrogens is 2. The van der Waals surface area contributed by atoms with Gasteiger partial charge in [0.05, 0.1) is 24.0 Å². The van der Waals surface area contributed by atoms with Gasteiger partial charge in [-0.3, -0.25) is 19.8 Å². The third-order valence-corrected chi connectivity index (χ3v) is 3.77. The molecule has 1 aromatic heterocycles. The summed E-state index contributed by atoms with van der Waals surface area (Å²) >= 11 is 0. The van der Waals surface area contributed by atoms with Gasteiger partial charge in [-0.1, -0.05) is 32.9 Å². The molecule has 0 aliphatic heterocycles. The third kappa shape index (κ3) is 5.66. The van der Waals surface area contributed by atoms with Crippen LogP contribution in [0.15, 0.2) is 29.1 Å². The number of imide groups is 1. The summed E-state index contributed by atoms with van der Waals surface area (Å²) in [5, 5.41) is 5.46. The lowest BCUT2D eigenvalue weighted by molar-refractivity contribution is -0.121. The molecular formula is C18H25N5O3. The lowest BCUT2D eigenvalue weighted by Gasteiger charge is -2.19. The highest BCUT2D eigenvalue weighted by Crippen LogP contribution is 2.07. The van der Waals surface area contributed by atoms with Gasteiger partial charge in [0.25, 0.3) is 5.56 Å². The molecule has 0 atom stereocenters. The van der Waals surface area contributed by atoms with Crippen LogP contribution in [0.5, 0.6) is 0 Å². The molecule has 0 spiro atoms. The van der Waals surface area contributed by atoms with Crippen LogP contribution in [-0.2, 0) is 11.3 Å². The molecule has 0 aliphatic rings. The number of hydrogen-bond donors (Lipinski definition) is 3. The van der Waals surface area contributed by atoms with Crippen LogP contribution >= 0.6 is 0 Å². The molecule has 1 heterocycles. The largest absolute Gasteiger partial charge is 0.338 e. The van der Waals surface area contributed by atoms with E-state index in [0.29, 0.717) is 42.3 Å². The van der Waals surface area contributed by atoms with Crippen molar-refractivity contribution < 1.29 is 9.59 Å². The van der Waals surface area contributed by atoms with Gasteiger partial charge in [0.1, 0.15) is 5.82 Å². The Hall–Kier alpha value is -2.74. The molecule has 3 amide bonds. The number of aromatic amines is 1. The molecule has 0 radical (unpaired) electrons. The van der Waals surface area contributed by atoms with E-state index in [1.807, 2.05) is 26.8 Å². The molecule has 0 bridgehead atoms. The van der Waals surface area contributed by atoms with Crippen LogP contribution < -0.4 is 16.2 Å². The molecule has 0 aliphatic carbocycles. The van der Waals surface area contributed by atoms with Gasteiger partial charge >= 0.3 is 6.03 Å². The molecule has 0 saturated heterocycles. The van der Waals surface area contributed by atoms with Crippen molar-refractivity contribution in [2.75, 3.05) is 19.6 Å². The van der Waals surface area contributed by atoms with Crippen molar-refractivity contribution in [1.29, 1.82) is 0 Å². The average Bonchev–Trinajstić information content (AvgIpc) is 2.59. The second-order valence-electron chi connectivity index (χ2n) is 6.49. The lowest BCUT2D eigenvalue weighted by atomic mass is 10.2. The zero-order valence-corrected chi connectivity index (χ0v) is 15.3. The number of rotatable bonds is 7. The van der Waals surface area contributed by atoms with Crippen LogP contribution in [0.25, 0.3) is 10.9 Å². The average molecular weight is 359 g/mol.